The van der Waals surface area contributed by atoms with Crippen LogP contribution in [-0.4, -0.2) is 52.1 Å². The van der Waals surface area contributed by atoms with Crippen molar-refractivity contribution in [3.05, 3.63) is 34.9 Å². The number of methoxy groups -OCH3 is 1. The number of hydrogen-bond acceptors (Lipinski definition) is 4. The summed E-state index contributed by atoms with van der Waals surface area (Å²) in [7, 11) is 1.65. The average molecular weight is 382 g/mol. The van der Waals surface area contributed by atoms with Crippen LogP contribution in [-0.2, 0) is 18.9 Å². The lowest BCUT2D eigenvalue weighted by Gasteiger charge is -2.16. The molecule has 1 aromatic carbocycles. The van der Waals surface area contributed by atoms with Gasteiger partial charge in [-0.1, -0.05) is 39.7 Å². The first-order valence-corrected chi connectivity index (χ1v) is 8.35. The molecule has 0 bridgehead atoms. The summed E-state index contributed by atoms with van der Waals surface area (Å²) < 4.78 is 21.4. The lowest BCUT2D eigenvalue weighted by Crippen LogP contribution is -2.13. The third-order valence-electron chi connectivity index (χ3n) is 2.71. The first kappa shape index (κ1) is 18.9. The molecule has 0 amide bonds. The van der Waals surface area contributed by atoms with E-state index in [-0.39, 0.29) is 6.10 Å². The summed E-state index contributed by atoms with van der Waals surface area (Å²) in [6.45, 7) is 3.40. The Morgan fingerprint density at radius 1 is 1.05 bits per heavy atom. The molecular formula is C15H22BrClO4. The molecule has 1 unspecified atom stereocenters. The number of rotatable bonds is 12. The summed E-state index contributed by atoms with van der Waals surface area (Å²) in [5, 5.41) is 1.43. The van der Waals surface area contributed by atoms with Crippen molar-refractivity contribution in [2.45, 2.75) is 6.10 Å². The third-order valence-corrected chi connectivity index (χ3v) is 3.53. The Balaban J connectivity index is 2.10. The van der Waals surface area contributed by atoms with Gasteiger partial charge in [-0.15, -0.1) is 0 Å². The van der Waals surface area contributed by atoms with Gasteiger partial charge >= 0.3 is 0 Å². The van der Waals surface area contributed by atoms with Crippen LogP contribution in [0.1, 0.15) is 11.7 Å². The highest BCUT2D eigenvalue weighted by Crippen LogP contribution is 2.22. The van der Waals surface area contributed by atoms with Crippen molar-refractivity contribution in [1.29, 1.82) is 0 Å². The maximum absolute atomic E-state index is 5.98. The van der Waals surface area contributed by atoms with E-state index in [1.165, 1.54) is 0 Å². The van der Waals surface area contributed by atoms with Crippen molar-refractivity contribution in [2.24, 2.45) is 0 Å². The number of hydrogen-bond donors (Lipinski definition) is 0. The van der Waals surface area contributed by atoms with E-state index in [2.05, 4.69) is 15.9 Å². The van der Waals surface area contributed by atoms with Gasteiger partial charge in [0, 0.05) is 17.5 Å². The predicted octanol–water partition coefficient (Wildman–Crippen LogP) is 3.47. The Morgan fingerprint density at radius 2 is 1.71 bits per heavy atom. The number of ether oxygens (including phenoxy) is 4. The van der Waals surface area contributed by atoms with E-state index in [4.69, 9.17) is 30.5 Å². The van der Waals surface area contributed by atoms with Gasteiger partial charge in [-0.05, 0) is 17.7 Å². The summed E-state index contributed by atoms with van der Waals surface area (Å²) in [6.07, 6.45) is -0.0229. The second-order valence-corrected chi connectivity index (χ2v) is 5.37. The van der Waals surface area contributed by atoms with Gasteiger partial charge in [0.05, 0.1) is 45.7 Å². The minimum atomic E-state index is -0.0229. The molecule has 0 saturated carbocycles. The summed E-state index contributed by atoms with van der Waals surface area (Å²) in [5.41, 5.74) is 1.06. The first-order chi connectivity index (χ1) is 10.3. The van der Waals surface area contributed by atoms with Crippen LogP contribution in [0.4, 0.5) is 0 Å². The Morgan fingerprint density at radius 3 is 2.33 bits per heavy atom. The van der Waals surface area contributed by atoms with Crippen LogP contribution in [0.15, 0.2) is 24.3 Å². The fourth-order valence-electron chi connectivity index (χ4n) is 1.65. The van der Waals surface area contributed by atoms with Crippen LogP contribution < -0.4 is 0 Å². The Labute approximate surface area is 139 Å². The van der Waals surface area contributed by atoms with Crippen molar-refractivity contribution in [2.75, 3.05) is 52.1 Å². The van der Waals surface area contributed by atoms with Gasteiger partial charge in [0.2, 0.25) is 0 Å². The zero-order valence-electron chi connectivity index (χ0n) is 12.2. The molecule has 21 heavy (non-hydrogen) atoms. The Bertz CT molecular complexity index is 378. The molecule has 4 nitrogen and oxygen atoms in total. The monoisotopic (exact) mass is 380 g/mol. The number of alkyl halides is 1. The van der Waals surface area contributed by atoms with Crippen LogP contribution in [0.5, 0.6) is 0 Å². The molecule has 0 aromatic heterocycles. The molecule has 0 aliphatic heterocycles. The molecule has 1 aromatic rings. The fraction of sp³-hybridized carbons (Fsp3) is 0.600. The molecule has 0 saturated heterocycles. The lowest BCUT2D eigenvalue weighted by molar-refractivity contribution is -0.0113. The van der Waals surface area contributed by atoms with Crippen LogP contribution in [0.2, 0.25) is 5.02 Å². The topological polar surface area (TPSA) is 36.9 Å². The predicted molar refractivity (Wildman–Crippen MR) is 87.5 cm³/mol. The van der Waals surface area contributed by atoms with E-state index < -0.39 is 0 Å². The van der Waals surface area contributed by atoms with Crippen LogP contribution in [0.3, 0.4) is 0 Å². The zero-order chi connectivity index (χ0) is 15.3. The highest BCUT2D eigenvalue weighted by Gasteiger charge is 2.10. The second kappa shape index (κ2) is 12.4. The molecule has 0 aliphatic rings. The largest absolute Gasteiger partial charge is 0.382 e. The quantitative estimate of drug-likeness (QED) is 0.410. The maximum atomic E-state index is 5.98. The van der Waals surface area contributed by atoms with Crippen molar-refractivity contribution in [3.8, 4) is 0 Å². The number of halogens is 2. The molecule has 0 N–H and O–H groups in total. The molecule has 0 spiro atoms. The van der Waals surface area contributed by atoms with E-state index >= 15 is 0 Å². The summed E-state index contributed by atoms with van der Waals surface area (Å²) in [5.74, 6) is 0. The summed E-state index contributed by atoms with van der Waals surface area (Å²) in [6, 6.07) is 7.69. The minimum Gasteiger partial charge on any atom is -0.382 e. The summed E-state index contributed by atoms with van der Waals surface area (Å²) in [4.78, 5) is 0. The molecule has 6 heteroatoms. The summed E-state index contributed by atoms with van der Waals surface area (Å²) >= 11 is 9.44. The molecule has 0 heterocycles. The third kappa shape index (κ3) is 8.76. The van der Waals surface area contributed by atoms with Gasteiger partial charge in [0.1, 0.15) is 0 Å². The average Bonchev–Trinajstić information content (AvgIpc) is 2.49. The van der Waals surface area contributed by atoms with E-state index in [0.29, 0.717) is 50.0 Å². The number of benzene rings is 1. The van der Waals surface area contributed by atoms with Crippen molar-refractivity contribution < 1.29 is 18.9 Å². The smallest absolute Gasteiger partial charge is 0.0923 e. The van der Waals surface area contributed by atoms with Crippen LogP contribution >= 0.6 is 27.5 Å². The molecule has 0 radical (unpaired) electrons. The molecule has 0 aliphatic carbocycles. The second-order valence-electron chi connectivity index (χ2n) is 4.29. The molecule has 1 rings (SSSR count). The van der Waals surface area contributed by atoms with Gasteiger partial charge in [-0.3, -0.25) is 0 Å². The molecule has 1 atom stereocenters. The zero-order valence-corrected chi connectivity index (χ0v) is 14.6. The Kier molecular flexibility index (Phi) is 11.1. The highest BCUT2D eigenvalue weighted by atomic mass is 79.9. The van der Waals surface area contributed by atoms with Gasteiger partial charge in [-0.2, -0.15) is 0 Å². The van der Waals surface area contributed by atoms with Crippen molar-refractivity contribution in [1.82, 2.24) is 0 Å². The van der Waals surface area contributed by atoms with E-state index in [1.54, 1.807) is 7.11 Å². The lowest BCUT2D eigenvalue weighted by atomic mass is 10.1. The standard InChI is InChI=1S/C15H22BrClO4/c1-18-5-6-19-7-8-20-9-10-21-15(12-16)13-3-2-4-14(17)11-13/h2-4,11,15H,5-10,12H2,1H3. The maximum Gasteiger partial charge on any atom is 0.0923 e. The molecular weight excluding hydrogens is 360 g/mol. The normalized spacial score (nSPS) is 12.5. The van der Waals surface area contributed by atoms with E-state index in [1.807, 2.05) is 24.3 Å². The molecule has 0 fully saturated rings. The van der Waals surface area contributed by atoms with Crippen molar-refractivity contribution >= 4 is 27.5 Å². The SMILES string of the molecule is COCCOCCOCCOC(CBr)c1cccc(Cl)c1. The van der Waals surface area contributed by atoms with Gasteiger partial charge in [0.15, 0.2) is 0 Å². The minimum absolute atomic E-state index is 0.0229. The van der Waals surface area contributed by atoms with E-state index in [0.717, 1.165) is 5.56 Å². The molecule has 120 valence electrons. The van der Waals surface area contributed by atoms with E-state index in [9.17, 15) is 0 Å². The van der Waals surface area contributed by atoms with Gasteiger partial charge in [0.25, 0.3) is 0 Å². The first-order valence-electron chi connectivity index (χ1n) is 6.85. The fourth-order valence-corrected chi connectivity index (χ4v) is 2.41. The van der Waals surface area contributed by atoms with Crippen molar-refractivity contribution in [3.63, 3.8) is 0 Å². The highest BCUT2D eigenvalue weighted by molar-refractivity contribution is 9.09. The van der Waals surface area contributed by atoms with Crippen LogP contribution in [0.25, 0.3) is 0 Å². The Hall–Kier alpha value is -0.170. The van der Waals surface area contributed by atoms with Gasteiger partial charge < -0.3 is 18.9 Å². The van der Waals surface area contributed by atoms with Crippen LogP contribution in [0, 0.1) is 0 Å². The van der Waals surface area contributed by atoms with Gasteiger partial charge in [-0.25, -0.2) is 0 Å².